The van der Waals surface area contributed by atoms with Crippen LogP contribution in [0.2, 0.25) is 0 Å². The van der Waals surface area contributed by atoms with E-state index < -0.39 is 6.04 Å². The molecule has 2 N–H and O–H groups in total. The van der Waals surface area contributed by atoms with Crippen LogP contribution in [0.15, 0.2) is 28.8 Å². The molecule has 1 aromatic carbocycles. The number of anilines is 1. The van der Waals surface area contributed by atoms with Gasteiger partial charge < -0.3 is 19.8 Å². The molecule has 1 aliphatic rings. The molecule has 134 valence electrons. The maximum Gasteiger partial charge on any atom is 0.273 e. The summed E-state index contributed by atoms with van der Waals surface area (Å²) in [6, 6.07) is 5.74. The molecule has 3 rings (SSSR count). The topological polar surface area (TPSA) is 78.6 Å². The van der Waals surface area contributed by atoms with Gasteiger partial charge in [-0.1, -0.05) is 5.16 Å². The summed E-state index contributed by atoms with van der Waals surface area (Å²) in [4.78, 5) is 14.4. The van der Waals surface area contributed by atoms with Crippen molar-refractivity contribution in [1.29, 1.82) is 0 Å². The first-order valence-electron chi connectivity index (χ1n) is 8.40. The quantitative estimate of drug-likeness (QED) is 0.889. The highest BCUT2D eigenvalue weighted by Gasteiger charge is 2.23. The average Bonchev–Trinajstić information content (AvgIpc) is 3.02. The van der Waals surface area contributed by atoms with Crippen LogP contribution in [0.1, 0.15) is 47.6 Å². The number of benzene rings is 1. The fourth-order valence-corrected chi connectivity index (χ4v) is 3.09. The highest BCUT2D eigenvalue weighted by Crippen LogP contribution is 2.30. The summed E-state index contributed by atoms with van der Waals surface area (Å²) < 4.78 is 18.7. The van der Waals surface area contributed by atoms with Crippen molar-refractivity contribution in [2.45, 2.75) is 38.8 Å². The number of carbonyl (C=O) groups excluding carboxylic acids is 1. The second-order valence-corrected chi connectivity index (χ2v) is 6.44. The molecule has 1 unspecified atom stereocenters. The minimum absolute atomic E-state index is 0.198. The lowest BCUT2D eigenvalue weighted by atomic mass is 10.0. The third-order valence-electron chi connectivity index (χ3n) is 4.47. The summed E-state index contributed by atoms with van der Waals surface area (Å²) in [5.74, 6) is -0.168. The molecular formula is C18H22FN3O3. The minimum atomic E-state index is -0.401. The summed E-state index contributed by atoms with van der Waals surface area (Å²) in [7, 11) is 0. The van der Waals surface area contributed by atoms with E-state index in [0.29, 0.717) is 37.3 Å². The Morgan fingerprint density at radius 3 is 2.76 bits per heavy atom. The number of halogens is 1. The first-order chi connectivity index (χ1) is 11.9. The number of nitrogens with zero attached hydrogens (tertiary/aromatic N) is 2. The Morgan fingerprint density at radius 2 is 2.12 bits per heavy atom. The highest BCUT2D eigenvalue weighted by molar-refractivity contribution is 5.92. The predicted molar refractivity (Wildman–Crippen MR) is 91.0 cm³/mol. The normalized spacial score (nSPS) is 16.7. The largest absolute Gasteiger partial charge is 0.393 e. The molecule has 0 aliphatic carbocycles. The Balaban J connectivity index is 1.80. The Morgan fingerprint density at radius 1 is 1.40 bits per heavy atom. The van der Waals surface area contributed by atoms with Crippen molar-refractivity contribution in [3.05, 3.63) is 47.1 Å². The minimum Gasteiger partial charge on any atom is -0.393 e. The molecule has 1 saturated heterocycles. The Kier molecular flexibility index (Phi) is 5.03. The molecular weight excluding hydrogens is 325 g/mol. The van der Waals surface area contributed by atoms with Gasteiger partial charge in [-0.2, -0.15) is 0 Å². The van der Waals surface area contributed by atoms with Crippen LogP contribution in [-0.2, 0) is 0 Å². The molecule has 1 fully saturated rings. The van der Waals surface area contributed by atoms with Crippen molar-refractivity contribution in [3.8, 4) is 0 Å². The third-order valence-corrected chi connectivity index (χ3v) is 4.47. The Bertz CT molecular complexity index is 754. The van der Waals surface area contributed by atoms with Crippen molar-refractivity contribution in [2.24, 2.45) is 0 Å². The number of hydrogen-bond acceptors (Lipinski definition) is 5. The summed E-state index contributed by atoms with van der Waals surface area (Å²) in [6.45, 7) is 4.91. The number of carbonyl (C=O) groups is 1. The Labute approximate surface area is 145 Å². The number of aliphatic hydroxyl groups excluding tert-OH is 1. The Hall–Kier alpha value is -2.41. The van der Waals surface area contributed by atoms with Crippen LogP contribution in [0.5, 0.6) is 0 Å². The molecule has 1 aliphatic heterocycles. The summed E-state index contributed by atoms with van der Waals surface area (Å²) in [5, 5.41) is 16.2. The van der Waals surface area contributed by atoms with Crippen LogP contribution >= 0.6 is 0 Å². The summed E-state index contributed by atoms with van der Waals surface area (Å²) >= 11 is 0. The van der Waals surface area contributed by atoms with Crippen molar-refractivity contribution in [1.82, 2.24) is 10.5 Å². The SMILES string of the molecule is Cc1cc(C(=O)NC(C)c2cc(F)ccc2N2CCC(O)CC2)no1. The van der Waals surface area contributed by atoms with E-state index in [-0.39, 0.29) is 23.5 Å². The van der Waals surface area contributed by atoms with E-state index in [1.54, 1.807) is 19.1 Å². The first kappa shape index (κ1) is 17.4. The summed E-state index contributed by atoms with van der Waals surface area (Å²) in [6.07, 6.45) is 1.07. The summed E-state index contributed by atoms with van der Waals surface area (Å²) in [5.41, 5.74) is 1.77. The first-order valence-corrected chi connectivity index (χ1v) is 8.40. The fraction of sp³-hybridized carbons (Fsp3) is 0.444. The molecule has 2 aromatic rings. The molecule has 0 spiro atoms. The number of aryl methyl sites for hydroxylation is 1. The molecule has 7 heteroatoms. The lowest BCUT2D eigenvalue weighted by Crippen LogP contribution is -2.37. The van der Waals surface area contributed by atoms with Crippen LogP contribution < -0.4 is 10.2 Å². The van der Waals surface area contributed by atoms with Gasteiger partial charge in [0.1, 0.15) is 11.6 Å². The van der Waals surface area contributed by atoms with E-state index in [1.165, 1.54) is 12.1 Å². The molecule has 1 atom stereocenters. The zero-order valence-corrected chi connectivity index (χ0v) is 14.3. The zero-order valence-electron chi connectivity index (χ0n) is 14.3. The molecule has 1 amide bonds. The number of amides is 1. The molecule has 6 nitrogen and oxygen atoms in total. The number of aromatic nitrogens is 1. The van der Waals surface area contributed by atoms with Crippen molar-refractivity contribution in [2.75, 3.05) is 18.0 Å². The van der Waals surface area contributed by atoms with Gasteiger partial charge in [-0.25, -0.2) is 4.39 Å². The van der Waals surface area contributed by atoms with E-state index in [9.17, 15) is 14.3 Å². The van der Waals surface area contributed by atoms with Gasteiger partial charge in [-0.05, 0) is 44.9 Å². The van der Waals surface area contributed by atoms with Gasteiger partial charge in [0.05, 0.1) is 12.1 Å². The van der Waals surface area contributed by atoms with Gasteiger partial charge in [0.2, 0.25) is 0 Å². The molecule has 25 heavy (non-hydrogen) atoms. The molecule has 0 radical (unpaired) electrons. The van der Waals surface area contributed by atoms with Gasteiger partial charge in [0.25, 0.3) is 5.91 Å². The monoisotopic (exact) mass is 347 g/mol. The van der Waals surface area contributed by atoms with E-state index in [2.05, 4.69) is 15.4 Å². The maximum atomic E-state index is 13.8. The van der Waals surface area contributed by atoms with Crippen LogP contribution in [0.4, 0.5) is 10.1 Å². The number of nitrogens with one attached hydrogen (secondary N) is 1. The van der Waals surface area contributed by atoms with Gasteiger partial charge in [0, 0.05) is 30.4 Å². The van der Waals surface area contributed by atoms with Crippen LogP contribution in [0.25, 0.3) is 0 Å². The standard InChI is InChI=1S/C18H22FN3O3/c1-11-9-16(21-25-11)18(24)20-12(2)15-10-13(19)3-4-17(15)22-7-5-14(23)6-8-22/h3-4,9-10,12,14,23H,5-8H2,1-2H3,(H,20,24). The van der Waals surface area contributed by atoms with Gasteiger partial charge in [-0.15, -0.1) is 0 Å². The van der Waals surface area contributed by atoms with Crippen LogP contribution in [0, 0.1) is 12.7 Å². The molecule has 2 heterocycles. The van der Waals surface area contributed by atoms with E-state index in [0.717, 1.165) is 5.69 Å². The van der Waals surface area contributed by atoms with Crippen LogP contribution in [0.3, 0.4) is 0 Å². The molecule has 1 aromatic heterocycles. The predicted octanol–water partition coefficient (Wildman–Crippen LogP) is 2.57. The number of aliphatic hydroxyl groups is 1. The number of hydrogen-bond donors (Lipinski definition) is 2. The van der Waals surface area contributed by atoms with Crippen molar-refractivity contribution < 1.29 is 18.8 Å². The second kappa shape index (κ2) is 7.23. The van der Waals surface area contributed by atoms with E-state index in [4.69, 9.17) is 4.52 Å². The van der Waals surface area contributed by atoms with Gasteiger partial charge >= 0.3 is 0 Å². The van der Waals surface area contributed by atoms with Crippen LogP contribution in [-0.4, -0.2) is 35.4 Å². The smallest absolute Gasteiger partial charge is 0.273 e. The molecule has 0 bridgehead atoms. The fourth-order valence-electron chi connectivity index (χ4n) is 3.09. The average molecular weight is 347 g/mol. The van der Waals surface area contributed by atoms with Gasteiger partial charge in [0.15, 0.2) is 5.69 Å². The zero-order chi connectivity index (χ0) is 18.0. The lowest BCUT2D eigenvalue weighted by Gasteiger charge is -2.34. The third kappa shape index (κ3) is 3.99. The number of piperidine rings is 1. The maximum absolute atomic E-state index is 13.8. The van der Waals surface area contributed by atoms with E-state index >= 15 is 0 Å². The van der Waals surface area contributed by atoms with Gasteiger partial charge in [-0.3, -0.25) is 4.79 Å². The van der Waals surface area contributed by atoms with Crippen molar-refractivity contribution >= 4 is 11.6 Å². The molecule has 0 saturated carbocycles. The van der Waals surface area contributed by atoms with Crippen molar-refractivity contribution in [3.63, 3.8) is 0 Å². The lowest BCUT2D eigenvalue weighted by molar-refractivity contribution is 0.0930. The number of rotatable bonds is 4. The highest BCUT2D eigenvalue weighted by atomic mass is 19.1. The second-order valence-electron chi connectivity index (χ2n) is 6.44. The van der Waals surface area contributed by atoms with E-state index in [1.807, 2.05) is 6.92 Å².